The van der Waals surface area contributed by atoms with Crippen LogP contribution in [0.25, 0.3) is 0 Å². The van der Waals surface area contributed by atoms with Crippen LogP contribution in [-0.2, 0) is 0 Å². The van der Waals surface area contributed by atoms with Gasteiger partial charge in [0.25, 0.3) is 0 Å². The van der Waals surface area contributed by atoms with E-state index in [0.717, 1.165) is 17.2 Å². The van der Waals surface area contributed by atoms with E-state index in [1.165, 1.54) is 12.1 Å². The van der Waals surface area contributed by atoms with Crippen molar-refractivity contribution in [2.75, 3.05) is 5.43 Å². The molecule has 0 aliphatic rings. The zero-order chi connectivity index (χ0) is 13.0. The number of hydrogen-bond acceptors (Lipinski definition) is 2. The maximum atomic E-state index is 13.3. The van der Waals surface area contributed by atoms with Gasteiger partial charge < -0.3 is 0 Å². The van der Waals surface area contributed by atoms with Crippen LogP contribution in [0.15, 0.2) is 47.6 Å². The Morgan fingerprint density at radius 2 is 1.89 bits per heavy atom. The van der Waals surface area contributed by atoms with Crippen LogP contribution in [-0.4, -0.2) is 6.21 Å². The molecule has 0 amide bonds. The van der Waals surface area contributed by atoms with Crippen molar-refractivity contribution in [1.29, 1.82) is 0 Å². The summed E-state index contributed by atoms with van der Waals surface area (Å²) in [6.45, 7) is 1.96. The molecule has 4 heteroatoms. The van der Waals surface area contributed by atoms with Gasteiger partial charge in [-0.1, -0.05) is 24.3 Å². The third-order valence-electron chi connectivity index (χ3n) is 2.51. The molecule has 0 saturated heterocycles. The zero-order valence-electron chi connectivity index (χ0n) is 9.82. The average Bonchev–Trinajstić information content (AvgIpc) is 2.34. The first-order valence-corrected chi connectivity index (χ1v) is 5.46. The van der Waals surface area contributed by atoms with E-state index in [1.54, 1.807) is 6.21 Å². The molecule has 0 aromatic heterocycles. The highest BCUT2D eigenvalue weighted by Crippen LogP contribution is 2.14. The fraction of sp³-hybridized carbons (Fsp3) is 0.0714. The summed E-state index contributed by atoms with van der Waals surface area (Å²) in [5.41, 5.74) is 4.69. The smallest absolute Gasteiger partial charge is 0.151 e. The van der Waals surface area contributed by atoms with Crippen LogP contribution in [0.5, 0.6) is 0 Å². The van der Waals surface area contributed by atoms with Crippen molar-refractivity contribution in [1.82, 2.24) is 0 Å². The number of rotatable bonds is 3. The second kappa shape index (κ2) is 5.40. The van der Waals surface area contributed by atoms with Gasteiger partial charge in [0.05, 0.1) is 11.9 Å². The first-order chi connectivity index (χ1) is 8.66. The lowest BCUT2D eigenvalue weighted by Gasteiger charge is -2.02. The topological polar surface area (TPSA) is 24.4 Å². The van der Waals surface area contributed by atoms with Crippen molar-refractivity contribution in [3.8, 4) is 0 Å². The van der Waals surface area contributed by atoms with E-state index in [0.29, 0.717) is 0 Å². The molecule has 0 saturated carbocycles. The molecule has 0 fully saturated rings. The number of halogens is 2. The normalized spacial score (nSPS) is 10.8. The molecule has 0 aliphatic heterocycles. The lowest BCUT2D eigenvalue weighted by Crippen LogP contribution is -1.95. The molecular formula is C14H12F2N2. The summed E-state index contributed by atoms with van der Waals surface area (Å²) in [5, 5.41) is 3.93. The van der Waals surface area contributed by atoms with Crippen LogP contribution in [0.3, 0.4) is 0 Å². The lowest BCUT2D eigenvalue weighted by molar-refractivity contribution is 0.585. The average molecular weight is 246 g/mol. The number of aryl methyl sites for hydroxylation is 1. The van der Waals surface area contributed by atoms with Crippen LogP contribution >= 0.6 is 0 Å². The van der Waals surface area contributed by atoms with Crippen LogP contribution in [0.4, 0.5) is 14.5 Å². The summed E-state index contributed by atoms with van der Waals surface area (Å²) in [4.78, 5) is 0. The quantitative estimate of drug-likeness (QED) is 0.647. The summed E-state index contributed by atoms with van der Waals surface area (Å²) in [6.07, 6.45) is 1.60. The summed E-state index contributed by atoms with van der Waals surface area (Å²) in [6, 6.07) is 11.0. The Labute approximate surface area is 104 Å². The maximum absolute atomic E-state index is 13.3. The highest BCUT2D eigenvalue weighted by Gasteiger charge is 2.01. The van der Waals surface area contributed by atoms with Crippen molar-refractivity contribution in [2.24, 2.45) is 5.10 Å². The van der Waals surface area contributed by atoms with Gasteiger partial charge >= 0.3 is 0 Å². The van der Waals surface area contributed by atoms with E-state index in [2.05, 4.69) is 10.5 Å². The van der Waals surface area contributed by atoms with E-state index in [-0.39, 0.29) is 5.69 Å². The zero-order valence-corrected chi connectivity index (χ0v) is 9.82. The molecule has 0 spiro atoms. The Kier molecular flexibility index (Phi) is 3.67. The maximum Gasteiger partial charge on any atom is 0.151 e. The largest absolute Gasteiger partial charge is 0.276 e. The van der Waals surface area contributed by atoms with Crippen LogP contribution < -0.4 is 5.43 Å². The lowest BCUT2D eigenvalue weighted by atomic mass is 10.1. The molecule has 2 rings (SSSR count). The van der Waals surface area contributed by atoms with Gasteiger partial charge in [-0.15, -0.1) is 0 Å². The third-order valence-corrected chi connectivity index (χ3v) is 2.51. The second-order valence-electron chi connectivity index (χ2n) is 3.85. The minimum absolute atomic E-state index is 0.140. The molecule has 2 nitrogen and oxygen atoms in total. The highest BCUT2D eigenvalue weighted by molar-refractivity contribution is 5.82. The van der Waals surface area contributed by atoms with Gasteiger partial charge in [-0.05, 0) is 30.2 Å². The molecule has 0 aliphatic carbocycles. The molecule has 2 aromatic rings. The standard InChI is InChI=1S/C14H12F2N2/c1-10-4-2-3-5-11(10)9-17-18-14-7-6-12(15)8-13(14)16/h2-9,18H,1H3. The molecular weight excluding hydrogens is 234 g/mol. The van der Waals surface area contributed by atoms with Gasteiger partial charge in [0, 0.05) is 6.07 Å². The molecule has 0 bridgehead atoms. The SMILES string of the molecule is Cc1ccccc1C=NNc1ccc(F)cc1F. The summed E-state index contributed by atoms with van der Waals surface area (Å²) >= 11 is 0. The molecule has 1 N–H and O–H groups in total. The second-order valence-corrected chi connectivity index (χ2v) is 3.85. The number of nitrogens with zero attached hydrogens (tertiary/aromatic N) is 1. The van der Waals surface area contributed by atoms with Gasteiger partial charge in [0.15, 0.2) is 5.82 Å². The van der Waals surface area contributed by atoms with E-state index >= 15 is 0 Å². The van der Waals surface area contributed by atoms with E-state index in [1.807, 2.05) is 31.2 Å². The van der Waals surface area contributed by atoms with E-state index in [4.69, 9.17) is 0 Å². The fourth-order valence-corrected chi connectivity index (χ4v) is 1.48. The highest BCUT2D eigenvalue weighted by atomic mass is 19.1. The molecule has 0 unspecified atom stereocenters. The van der Waals surface area contributed by atoms with Gasteiger partial charge in [-0.25, -0.2) is 8.78 Å². The Hall–Kier alpha value is -2.23. The van der Waals surface area contributed by atoms with E-state index < -0.39 is 11.6 Å². The Morgan fingerprint density at radius 3 is 2.61 bits per heavy atom. The summed E-state index contributed by atoms with van der Waals surface area (Å²) in [5.74, 6) is -1.28. The number of hydrogen-bond donors (Lipinski definition) is 1. The predicted molar refractivity (Wildman–Crippen MR) is 68.8 cm³/mol. The first kappa shape index (κ1) is 12.2. The van der Waals surface area contributed by atoms with Crippen molar-refractivity contribution >= 4 is 11.9 Å². The van der Waals surface area contributed by atoms with Gasteiger partial charge in [0.1, 0.15) is 5.82 Å². The van der Waals surface area contributed by atoms with Crippen molar-refractivity contribution in [2.45, 2.75) is 6.92 Å². The molecule has 0 radical (unpaired) electrons. The van der Waals surface area contributed by atoms with Crippen LogP contribution in [0.1, 0.15) is 11.1 Å². The Balaban J connectivity index is 2.10. The Morgan fingerprint density at radius 1 is 1.11 bits per heavy atom. The van der Waals surface area contributed by atoms with Gasteiger partial charge in [-0.3, -0.25) is 5.43 Å². The molecule has 0 heterocycles. The van der Waals surface area contributed by atoms with Crippen molar-refractivity contribution in [3.63, 3.8) is 0 Å². The Bertz CT molecular complexity index is 580. The van der Waals surface area contributed by atoms with Gasteiger partial charge in [0.2, 0.25) is 0 Å². The number of nitrogens with one attached hydrogen (secondary N) is 1. The third kappa shape index (κ3) is 2.91. The molecule has 92 valence electrons. The summed E-state index contributed by atoms with van der Waals surface area (Å²) in [7, 11) is 0. The van der Waals surface area contributed by atoms with Crippen molar-refractivity contribution < 1.29 is 8.78 Å². The molecule has 18 heavy (non-hydrogen) atoms. The number of anilines is 1. The monoisotopic (exact) mass is 246 g/mol. The first-order valence-electron chi connectivity index (χ1n) is 5.46. The fourth-order valence-electron chi connectivity index (χ4n) is 1.48. The van der Waals surface area contributed by atoms with Crippen LogP contribution in [0, 0.1) is 18.6 Å². The van der Waals surface area contributed by atoms with Crippen LogP contribution in [0.2, 0.25) is 0 Å². The van der Waals surface area contributed by atoms with Crippen molar-refractivity contribution in [3.05, 3.63) is 65.2 Å². The summed E-state index contributed by atoms with van der Waals surface area (Å²) < 4.78 is 26.0. The number of benzene rings is 2. The molecule has 2 aromatic carbocycles. The molecule has 0 atom stereocenters. The predicted octanol–water partition coefficient (Wildman–Crippen LogP) is 3.72. The van der Waals surface area contributed by atoms with E-state index in [9.17, 15) is 8.78 Å². The minimum atomic E-state index is -0.670. The number of hydrazone groups is 1. The minimum Gasteiger partial charge on any atom is -0.276 e. The van der Waals surface area contributed by atoms with Gasteiger partial charge in [-0.2, -0.15) is 5.10 Å².